The first-order valence-electron chi connectivity index (χ1n) is 6.53. The fraction of sp³-hybridized carbons (Fsp3) is 0.222. The van der Waals surface area contributed by atoms with Gasteiger partial charge >= 0.3 is 0 Å². The average molecular weight is 236 g/mol. The molecule has 0 saturated carbocycles. The molecule has 2 rings (SSSR count). The van der Waals surface area contributed by atoms with Crippen LogP contribution in [0.25, 0.3) is 0 Å². The van der Waals surface area contributed by atoms with Crippen LogP contribution in [0.4, 0.5) is 0 Å². The Morgan fingerprint density at radius 1 is 1.00 bits per heavy atom. The van der Waals surface area contributed by atoms with Crippen LogP contribution in [0.2, 0.25) is 0 Å². The van der Waals surface area contributed by atoms with Gasteiger partial charge in [0.2, 0.25) is 0 Å². The van der Waals surface area contributed by atoms with Gasteiger partial charge in [-0.2, -0.15) is 0 Å². The highest BCUT2D eigenvalue weighted by molar-refractivity contribution is 5.36. The quantitative estimate of drug-likeness (QED) is 0.660. The number of rotatable bonds is 5. The molecule has 0 spiro atoms. The van der Waals surface area contributed by atoms with Crippen molar-refractivity contribution in [1.82, 2.24) is 0 Å². The largest absolute Gasteiger partial charge is 0.103 e. The van der Waals surface area contributed by atoms with E-state index in [0.29, 0.717) is 0 Å². The topological polar surface area (TPSA) is 0 Å². The van der Waals surface area contributed by atoms with E-state index in [-0.39, 0.29) is 0 Å². The van der Waals surface area contributed by atoms with Crippen LogP contribution in [0.3, 0.4) is 0 Å². The molecule has 0 nitrogen and oxygen atoms in total. The second-order valence-electron chi connectivity index (χ2n) is 4.76. The summed E-state index contributed by atoms with van der Waals surface area (Å²) in [6.07, 6.45) is 5.15. The maximum absolute atomic E-state index is 3.81. The molecule has 0 radical (unpaired) electrons. The molecule has 2 aromatic rings. The van der Waals surface area contributed by atoms with Gasteiger partial charge in [0, 0.05) is 0 Å². The van der Waals surface area contributed by atoms with E-state index in [4.69, 9.17) is 0 Å². The lowest BCUT2D eigenvalue weighted by Crippen LogP contribution is -1.96. The molecule has 0 atom stereocenters. The lowest BCUT2D eigenvalue weighted by Gasteiger charge is -2.10. The molecular formula is C18H20. The Morgan fingerprint density at radius 2 is 1.78 bits per heavy atom. The predicted molar refractivity (Wildman–Crippen MR) is 78.9 cm³/mol. The number of aryl methyl sites for hydroxylation is 2. The van der Waals surface area contributed by atoms with Crippen molar-refractivity contribution in [1.29, 1.82) is 0 Å². The summed E-state index contributed by atoms with van der Waals surface area (Å²) in [6.45, 7) is 5.97. The zero-order chi connectivity index (χ0) is 12.8. The molecular weight excluding hydrogens is 216 g/mol. The summed E-state index contributed by atoms with van der Waals surface area (Å²) in [5.41, 5.74) is 5.61. The van der Waals surface area contributed by atoms with Gasteiger partial charge in [-0.05, 0) is 42.9 Å². The van der Waals surface area contributed by atoms with Crippen LogP contribution in [0.1, 0.15) is 28.7 Å². The third-order valence-electron chi connectivity index (χ3n) is 3.22. The van der Waals surface area contributed by atoms with E-state index in [2.05, 4.69) is 62.0 Å². The van der Waals surface area contributed by atoms with Crippen molar-refractivity contribution in [3.8, 4) is 0 Å². The first-order chi connectivity index (χ1) is 8.79. The normalized spacial score (nSPS) is 10.3. The van der Waals surface area contributed by atoms with Crippen LogP contribution in [0.15, 0.2) is 61.2 Å². The molecule has 0 heterocycles. The van der Waals surface area contributed by atoms with Crippen LogP contribution in [-0.4, -0.2) is 0 Å². The fourth-order valence-electron chi connectivity index (χ4n) is 2.24. The minimum Gasteiger partial charge on any atom is -0.103 e. The predicted octanol–water partition coefficient (Wildman–Crippen LogP) is 4.70. The monoisotopic (exact) mass is 236 g/mol. The van der Waals surface area contributed by atoms with E-state index >= 15 is 0 Å². The van der Waals surface area contributed by atoms with Crippen molar-refractivity contribution in [2.45, 2.75) is 26.2 Å². The summed E-state index contributed by atoms with van der Waals surface area (Å²) in [6, 6.07) is 17.4. The molecule has 18 heavy (non-hydrogen) atoms. The molecule has 0 amide bonds. The highest BCUT2D eigenvalue weighted by atomic mass is 14.1. The van der Waals surface area contributed by atoms with Gasteiger partial charge in [0.25, 0.3) is 0 Å². The van der Waals surface area contributed by atoms with Crippen LogP contribution in [0.5, 0.6) is 0 Å². The Kier molecular flexibility index (Phi) is 4.35. The van der Waals surface area contributed by atoms with Crippen molar-refractivity contribution in [3.05, 3.63) is 83.4 Å². The van der Waals surface area contributed by atoms with Crippen molar-refractivity contribution in [2.75, 3.05) is 0 Å². The summed E-state index contributed by atoms with van der Waals surface area (Å²) in [5, 5.41) is 0. The Hall–Kier alpha value is -1.82. The van der Waals surface area contributed by atoms with E-state index in [9.17, 15) is 0 Å². The molecule has 0 N–H and O–H groups in total. The number of hydrogen-bond acceptors (Lipinski definition) is 0. The van der Waals surface area contributed by atoms with Gasteiger partial charge in [-0.3, -0.25) is 0 Å². The van der Waals surface area contributed by atoms with Crippen LogP contribution < -0.4 is 0 Å². The van der Waals surface area contributed by atoms with Gasteiger partial charge in [0.15, 0.2) is 0 Å². The third-order valence-corrected chi connectivity index (χ3v) is 3.22. The molecule has 0 aliphatic rings. The summed E-state index contributed by atoms with van der Waals surface area (Å²) in [4.78, 5) is 0. The Bertz CT molecular complexity index is 509. The number of hydrogen-bond donors (Lipinski definition) is 0. The van der Waals surface area contributed by atoms with Crippen LogP contribution in [0, 0.1) is 6.92 Å². The standard InChI is InChI=1S/C18H20/c1-3-4-10-17-12-11-15(2)13-18(17)14-16-8-6-5-7-9-16/h3,5-9,11-13H,1,4,10,14H2,2H3. The Labute approximate surface area is 110 Å². The smallest absolute Gasteiger partial charge is 0.00229 e. The van der Waals surface area contributed by atoms with Gasteiger partial charge in [-0.15, -0.1) is 6.58 Å². The van der Waals surface area contributed by atoms with Crippen molar-refractivity contribution in [2.24, 2.45) is 0 Å². The molecule has 0 saturated heterocycles. The maximum atomic E-state index is 3.81. The van der Waals surface area contributed by atoms with Gasteiger partial charge in [-0.25, -0.2) is 0 Å². The first-order valence-corrected chi connectivity index (χ1v) is 6.53. The summed E-state index contributed by atoms with van der Waals surface area (Å²) in [5.74, 6) is 0. The lowest BCUT2D eigenvalue weighted by molar-refractivity contribution is 0.969. The molecule has 0 aliphatic heterocycles. The van der Waals surface area contributed by atoms with Gasteiger partial charge in [0.05, 0.1) is 0 Å². The second-order valence-corrected chi connectivity index (χ2v) is 4.76. The Balaban J connectivity index is 2.24. The van der Waals surface area contributed by atoms with Gasteiger partial charge in [-0.1, -0.05) is 60.2 Å². The van der Waals surface area contributed by atoms with E-state index in [0.717, 1.165) is 19.3 Å². The first kappa shape index (κ1) is 12.6. The Morgan fingerprint density at radius 3 is 2.50 bits per heavy atom. The minimum absolute atomic E-state index is 1.02. The number of allylic oxidation sites excluding steroid dienone is 1. The molecule has 92 valence electrons. The summed E-state index contributed by atoms with van der Waals surface area (Å²) < 4.78 is 0. The molecule has 0 unspecified atom stereocenters. The molecule has 0 aliphatic carbocycles. The van der Waals surface area contributed by atoms with Gasteiger partial charge in [0.1, 0.15) is 0 Å². The van der Waals surface area contributed by atoms with Crippen LogP contribution in [-0.2, 0) is 12.8 Å². The molecule has 0 fully saturated rings. The summed E-state index contributed by atoms with van der Waals surface area (Å²) >= 11 is 0. The average Bonchev–Trinajstić information content (AvgIpc) is 2.39. The zero-order valence-corrected chi connectivity index (χ0v) is 11.0. The van der Waals surface area contributed by atoms with Crippen molar-refractivity contribution in [3.63, 3.8) is 0 Å². The van der Waals surface area contributed by atoms with E-state index in [1.165, 1.54) is 22.3 Å². The third kappa shape index (κ3) is 3.33. The second kappa shape index (κ2) is 6.20. The molecule has 0 heteroatoms. The highest BCUT2D eigenvalue weighted by Gasteiger charge is 2.03. The zero-order valence-electron chi connectivity index (χ0n) is 11.0. The molecule has 0 aromatic heterocycles. The van der Waals surface area contributed by atoms with Crippen LogP contribution >= 0.6 is 0 Å². The van der Waals surface area contributed by atoms with E-state index in [1.54, 1.807) is 0 Å². The van der Waals surface area contributed by atoms with E-state index < -0.39 is 0 Å². The van der Waals surface area contributed by atoms with Crippen molar-refractivity contribution >= 4 is 0 Å². The number of benzene rings is 2. The maximum Gasteiger partial charge on any atom is -0.00229 e. The summed E-state index contributed by atoms with van der Waals surface area (Å²) in [7, 11) is 0. The highest BCUT2D eigenvalue weighted by Crippen LogP contribution is 2.18. The molecule has 2 aromatic carbocycles. The van der Waals surface area contributed by atoms with E-state index in [1.807, 2.05) is 6.08 Å². The molecule has 0 bridgehead atoms. The van der Waals surface area contributed by atoms with Crippen molar-refractivity contribution < 1.29 is 0 Å². The fourth-order valence-corrected chi connectivity index (χ4v) is 2.24. The van der Waals surface area contributed by atoms with Gasteiger partial charge < -0.3 is 0 Å². The minimum atomic E-state index is 1.02. The SMILES string of the molecule is C=CCCc1ccc(C)cc1Cc1ccccc1. The lowest BCUT2D eigenvalue weighted by atomic mass is 9.95.